The van der Waals surface area contributed by atoms with Gasteiger partial charge in [-0.25, -0.2) is 4.79 Å². The number of carbonyl (C=O) groups is 2. The van der Waals surface area contributed by atoms with Crippen LogP contribution in [-0.2, 0) is 28.5 Å². The fourth-order valence-corrected chi connectivity index (χ4v) is 2.32. The van der Waals surface area contributed by atoms with Crippen LogP contribution in [0.5, 0.6) is 0 Å². The Morgan fingerprint density at radius 2 is 2.05 bits per heavy atom. The number of ether oxygens (including phenoxy) is 4. The molecule has 6 heteroatoms. The summed E-state index contributed by atoms with van der Waals surface area (Å²) in [6.45, 7) is 1.99. The molecule has 20 heavy (non-hydrogen) atoms. The number of hydrogen-bond acceptors (Lipinski definition) is 6. The first-order valence-corrected chi connectivity index (χ1v) is 6.57. The summed E-state index contributed by atoms with van der Waals surface area (Å²) in [4.78, 5) is 22.4. The molecule has 0 N–H and O–H groups in total. The van der Waals surface area contributed by atoms with Crippen molar-refractivity contribution < 1.29 is 28.5 Å². The van der Waals surface area contributed by atoms with Gasteiger partial charge >= 0.3 is 11.9 Å². The number of esters is 2. The smallest absolute Gasteiger partial charge is 0.333 e. The zero-order valence-electron chi connectivity index (χ0n) is 12.4. The lowest BCUT2D eigenvalue weighted by atomic mass is 9.94. The molecular weight excluding hydrogens is 264 g/mol. The Kier molecular flexibility index (Phi) is 6.01. The van der Waals surface area contributed by atoms with Crippen LogP contribution in [0.3, 0.4) is 0 Å². The zero-order chi connectivity index (χ0) is 15.2. The predicted molar refractivity (Wildman–Crippen MR) is 70.6 cm³/mol. The number of hydrogen-bond donors (Lipinski definition) is 0. The summed E-state index contributed by atoms with van der Waals surface area (Å²) in [6.07, 6.45) is 3.39. The van der Waals surface area contributed by atoms with Gasteiger partial charge in [0.1, 0.15) is 5.76 Å². The van der Waals surface area contributed by atoms with Crippen LogP contribution in [-0.4, -0.2) is 39.1 Å². The Morgan fingerprint density at radius 1 is 1.35 bits per heavy atom. The Hall–Kier alpha value is -1.56. The first-order valence-electron chi connectivity index (χ1n) is 6.57. The van der Waals surface area contributed by atoms with E-state index >= 15 is 0 Å². The molecule has 0 amide bonds. The Labute approximate surface area is 119 Å². The molecule has 0 aliphatic carbocycles. The van der Waals surface area contributed by atoms with Crippen molar-refractivity contribution in [1.82, 2.24) is 0 Å². The number of carbonyl (C=O) groups excluding carboxylic acids is 2. The quantitative estimate of drug-likeness (QED) is 0.547. The van der Waals surface area contributed by atoms with E-state index in [0.29, 0.717) is 31.4 Å². The highest BCUT2D eigenvalue weighted by Gasteiger charge is 2.45. The van der Waals surface area contributed by atoms with E-state index in [1.807, 2.05) is 6.92 Å². The van der Waals surface area contributed by atoms with Gasteiger partial charge in [-0.05, 0) is 6.42 Å². The molecule has 0 radical (unpaired) electrons. The molecule has 1 aliphatic rings. The van der Waals surface area contributed by atoms with Crippen LogP contribution in [0.4, 0.5) is 0 Å². The first kappa shape index (κ1) is 16.5. The number of methoxy groups -OCH3 is 3. The molecule has 1 heterocycles. The van der Waals surface area contributed by atoms with Crippen LogP contribution < -0.4 is 0 Å². The van der Waals surface area contributed by atoms with Gasteiger partial charge in [0.2, 0.25) is 5.79 Å². The van der Waals surface area contributed by atoms with Gasteiger partial charge in [-0.3, -0.25) is 4.79 Å². The standard InChI is InChI=1S/C14H22O6/c1-10-8-11(9-13(16)18-3)20-14(10,19-4)7-5-6-12(15)17-2/h9-10H,5-8H2,1-4H3/b11-9-. The van der Waals surface area contributed by atoms with Crippen molar-refractivity contribution in [2.24, 2.45) is 5.92 Å². The van der Waals surface area contributed by atoms with Crippen molar-refractivity contribution in [1.29, 1.82) is 0 Å². The topological polar surface area (TPSA) is 71.1 Å². The third kappa shape index (κ3) is 3.96. The van der Waals surface area contributed by atoms with Gasteiger partial charge in [0.15, 0.2) is 0 Å². The van der Waals surface area contributed by atoms with E-state index in [1.165, 1.54) is 20.3 Å². The van der Waals surface area contributed by atoms with E-state index in [4.69, 9.17) is 9.47 Å². The summed E-state index contributed by atoms with van der Waals surface area (Å²) >= 11 is 0. The molecule has 0 aromatic heterocycles. The molecule has 1 saturated heterocycles. The summed E-state index contributed by atoms with van der Waals surface area (Å²) in [5, 5.41) is 0. The maximum Gasteiger partial charge on any atom is 0.333 e. The van der Waals surface area contributed by atoms with Gasteiger partial charge < -0.3 is 18.9 Å². The molecule has 0 bridgehead atoms. The zero-order valence-corrected chi connectivity index (χ0v) is 12.4. The van der Waals surface area contributed by atoms with Crippen LogP contribution in [0.25, 0.3) is 0 Å². The van der Waals surface area contributed by atoms with E-state index < -0.39 is 11.8 Å². The fraction of sp³-hybridized carbons (Fsp3) is 0.714. The number of rotatable bonds is 6. The van der Waals surface area contributed by atoms with E-state index in [2.05, 4.69) is 9.47 Å². The first-order chi connectivity index (χ1) is 9.47. The number of allylic oxidation sites excluding steroid dienone is 1. The van der Waals surface area contributed by atoms with Gasteiger partial charge in [0.25, 0.3) is 0 Å². The normalized spacial score (nSPS) is 27.2. The van der Waals surface area contributed by atoms with Crippen molar-refractivity contribution in [2.45, 2.75) is 38.4 Å². The van der Waals surface area contributed by atoms with Crippen LogP contribution in [0.15, 0.2) is 11.8 Å². The molecule has 0 spiro atoms. The molecule has 0 saturated carbocycles. The molecule has 0 aromatic carbocycles. The molecule has 2 unspecified atom stereocenters. The second-order valence-corrected chi connectivity index (χ2v) is 4.79. The van der Waals surface area contributed by atoms with E-state index in [-0.39, 0.29) is 11.9 Å². The molecule has 0 aromatic rings. The lowest BCUT2D eigenvalue weighted by molar-refractivity contribution is -0.204. The lowest BCUT2D eigenvalue weighted by Gasteiger charge is -2.30. The SMILES string of the molecule is COC(=O)/C=C1/CC(C)C(CCCC(=O)OC)(OC)O1. The van der Waals surface area contributed by atoms with Gasteiger partial charge in [-0.1, -0.05) is 6.92 Å². The van der Waals surface area contributed by atoms with Crippen molar-refractivity contribution in [3.8, 4) is 0 Å². The van der Waals surface area contributed by atoms with Gasteiger partial charge in [-0.2, -0.15) is 0 Å². The summed E-state index contributed by atoms with van der Waals surface area (Å²) in [5.74, 6) is -0.875. The minimum absolute atomic E-state index is 0.0843. The van der Waals surface area contributed by atoms with Crippen LogP contribution in [0.2, 0.25) is 0 Å². The molecule has 114 valence electrons. The van der Waals surface area contributed by atoms with Crippen molar-refractivity contribution in [3.63, 3.8) is 0 Å². The highest BCUT2D eigenvalue weighted by atomic mass is 16.7. The second kappa shape index (κ2) is 7.28. The highest BCUT2D eigenvalue weighted by molar-refractivity contribution is 5.82. The van der Waals surface area contributed by atoms with E-state index in [9.17, 15) is 9.59 Å². The molecule has 1 fully saturated rings. The summed E-state index contributed by atoms with van der Waals surface area (Å²) < 4.78 is 20.5. The summed E-state index contributed by atoms with van der Waals surface area (Å²) in [7, 11) is 4.24. The van der Waals surface area contributed by atoms with Gasteiger partial charge in [0, 0.05) is 32.3 Å². The molecular formula is C14H22O6. The minimum atomic E-state index is -0.798. The van der Waals surface area contributed by atoms with Crippen LogP contribution in [0.1, 0.15) is 32.6 Å². The van der Waals surface area contributed by atoms with E-state index in [0.717, 1.165) is 0 Å². The molecule has 2 atom stereocenters. The molecule has 1 rings (SSSR count). The lowest BCUT2D eigenvalue weighted by Crippen LogP contribution is -2.36. The van der Waals surface area contributed by atoms with Crippen LogP contribution >= 0.6 is 0 Å². The average molecular weight is 286 g/mol. The Bertz CT molecular complexity index is 389. The van der Waals surface area contributed by atoms with E-state index in [1.54, 1.807) is 7.11 Å². The highest BCUT2D eigenvalue weighted by Crippen LogP contribution is 2.42. The molecule has 6 nitrogen and oxygen atoms in total. The minimum Gasteiger partial charge on any atom is -0.469 e. The largest absolute Gasteiger partial charge is 0.469 e. The Balaban J connectivity index is 2.66. The summed E-state index contributed by atoms with van der Waals surface area (Å²) in [6, 6.07) is 0. The second-order valence-electron chi connectivity index (χ2n) is 4.79. The monoisotopic (exact) mass is 286 g/mol. The van der Waals surface area contributed by atoms with Gasteiger partial charge in [0.05, 0.1) is 20.3 Å². The van der Waals surface area contributed by atoms with Gasteiger partial charge in [-0.15, -0.1) is 0 Å². The fourth-order valence-electron chi connectivity index (χ4n) is 2.32. The van der Waals surface area contributed by atoms with Crippen LogP contribution in [0, 0.1) is 5.92 Å². The van der Waals surface area contributed by atoms with Crippen molar-refractivity contribution in [2.75, 3.05) is 21.3 Å². The maximum atomic E-state index is 11.2. The maximum absolute atomic E-state index is 11.2. The molecule has 1 aliphatic heterocycles. The van der Waals surface area contributed by atoms with Crippen molar-refractivity contribution >= 4 is 11.9 Å². The third-order valence-corrected chi connectivity index (χ3v) is 3.52. The predicted octanol–water partition coefficient (Wildman–Crippen LogP) is 1.79. The third-order valence-electron chi connectivity index (χ3n) is 3.52. The average Bonchev–Trinajstić information content (AvgIpc) is 2.74. The van der Waals surface area contributed by atoms with Crippen molar-refractivity contribution in [3.05, 3.63) is 11.8 Å². The summed E-state index contributed by atoms with van der Waals surface area (Å²) in [5.41, 5.74) is 0. The Morgan fingerprint density at radius 3 is 2.60 bits per heavy atom.